The van der Waals surface area contributed by atoms with Crippen molar-refractivity contribution in [1.82, 2.24) is 0 Å². The van der Waals surface area contributed by atoms with Gasteiger partial charge < -0.3 is 4.90 Å². The van der Waals surface area contributed by atoms with Gasteiger partial charge in [0.15, 0.2) is 0 Å². The molecule has 25 heavy (non-hydrogen) atoms. The van der Waals surface area contributed by atoms with E-state index in [9.17, 15) is 9.59 Å². The molecule has 5 heteroatoms. The number of fused-ring (bicyclic) bond motifs is 1. The lowest BCUT2D eigenvalue weighted by Gasteiger charge is -2.34. The highest BCUT2D eigenvalue weighted by Crippen LogP contribution is 2.32. The fraction of sp³-hybridized carbons (Fsp3) is 0.300. The summed E-state index contributed by atoms with van der Waals surface area (Å²) in [5.74, 6) is -0.00100. The van der Waals surface area contributed by atoms with Crippen LogP contribution in [0.4, 0.5) is 11.4 Å². The van der Waals surface area contributed by atoms with Crippen molar-refractivity contribution >= 4 is 34.8 Å². The molecule has 0 saturated carbocycles. The van der Waals surface area contributed by atoms with Crippen molar-refractivity contribution in [2.45, 2.75) is 31.7 Å². The number of para-hydroxylation sites is 1. The van der Waals surface area contributed by atoms with Crippen molar-refractivity contribution in [1.29, 1.82) is 0 Å². The van der Waals surface area contributed by atoms with E-state index < -0.39 is 6.04 Å². The number of rotatable bonds is 2. The van der Waals surface area contributed by atoms with Gasteiger partial charge in [-0.2, -0.15) is 0 Å². The summed E-state index contributed by atoms with van der Waals surface area (Å²) in [7, 11) is 0. The molecule has 4 nitrogen and oxygen atoms in total. The third kappa shape index (κ3) is 2.91. The van der Waals surface area contributed by atoms with Crippen LogP contribution < -0.4 is 9.80 Å². The zero-order chi connectivity index (χ0) is 17.4. The van der Waals surface area contributed by atoms with Gasteiger partial charge in [0, 0.05) is 29.4 Å². The van der Waals surface area contributed by atoms with Crippen molar-refractivity contribution in [3.05, 3.63) is 59.1 Å². The minimum absolute atomic E-state index is 0.00736. The van der Waals surface area contributed by atoms with E-state index in [-0.39, 0.29) is 11.8 Å². The molecule has 2 heterocycles. The van der Waals surface area contributed by atoms with Crippen LogP contribution in [-0.4, -0.2) is 24.4 Å². The van der Waals surface area contributed by atoms with Gasteiger partial charge >= 0.3 is 0 Å². The van der Waals surface area contributed by atoms with E-state index in [1.807, 2.05) is 23.1 Å². The van der Waals surface area contributed by atoms with Crippen LogP contribution in [0.3, 0.4) is 0 Å². The first-order valence-corrected chi connectivity index (χ1v) is 9.00. The molecule has 2 amide bonds. The average Bonchev–Trinajstić information content (AvgIpc) is 3.03. The SMILES string of the molecule is O=C(C1CCC(=O)N1c1ccc(Cl)cc1)N1CCCc2ccccc21. The second-order valence-electron chi connectivity index (χ2n) is 6.52. The Balaban J connectivity index is 1.65. The number of amides is 2. The molecule has 2 aromatic rings. The Morgan fingerprint density at radius 3 is 2.60 bits per heavy atom. The van der Waals surface area contributed by atoms with Crippen molar-refractivity contribution in [2.75, 3.05) is 16.3 Å². The molecule has 0 aromatic heterocycles. The summed E-state index contributed by atoms with van der Waals surface area (Å²) in [6.45, 7) is 0.703. The van der Waals surface area contributed by atoms with E-state index >= 15 is 0 Å². The van der Waals surface area contributed by atoms with Gasteiger partial charge in [-0.25, -0.2) is 0 Å². The summed E-state index contributed by atoms with van der Waals surface area (Å²) < 4.78 is 0. The number of nitrogens with zero attached hydrogens (tertiary/aromatic N) is 2. The lowest BCUT2D eigenvalue weighted by molar-refractivity contribution is -0.122. The van der Waals surface area contributed by atoms with Crippen LogP contribution in [0.15, 0.2) is 48.5 Å². The highest BCUT2D eigenvalue weighted by atomic mass is 35.5. The van der Waals surface area contributed by atoms with E-state index in [2.05, 4.69) is 6.07 Å². The smallest absolute Gasteiger partial charge is 0.250 e. The maximum absolute atomic E-state index is 13.3. The van der Waals surface area contributed by atoms with Gasteiger partial charge in [0.1, 0.15) is 6.04 Å². The second kappa shape index (κ2) is 6.52. The van der Waals surface area contributed by atoms with E-state index in [4.69, 9.17) is 11.6 Å². The Morgan fingerprint density at radius 1 is 1.04 bits per heavy atom. The van der Waals surface area contributed by atoms with Crippen molar-refractivity contribution < 1.29 is 9.59 Å². The van der Waals surface area contributed by atoms with Gasteiger partial charge in [0.05, 0.1) is 0 Å². The Kier molecular flexibility index (Phi) is 4.22. The molecular weight excluding hydrogens is 336 g/mol. The first kappa shape index (κ1) is 16.2. The number of benzene rings is 2. The molecule has 1 saturated heterocycles. The van der Waals surface area contributed by atoms with Crippen LogP contribution in [0, 0.1) is 0 Å². The fourth-order valence-corrected chi connectivity index (χ4v) is 3.91. The second-order valence-corrected chi connectivity index (χ2v) is 6.95. The summed E-state index contributed by atoms with van der Waals surface area (Å²) in [4.78, 5) is 29.2. The zero-order valence-corrected chi connectivity index (χ0v) is 14.6. The summed E-state index contributed by atoms with van der Waals surface area (Å²) in [6.07, 6.45) is 2.89. The number of halogens is 1. The van der Waals surface area contributed by atoms with Gasteiger partial charge in [-0.15, -0.1) is 0 Å². The molecule has 0 spiro atoms. The van der Waals surface area contributed by atoms with Gasteiger partial charge in [0.25, 0.3) is 0 Å². The van der Waals surface area contributed by atoms with E-state index in [1.165, 1.54) is 5.56 Å². The molecule has 1 atom stereocenters. The molecule has 0 N–H and O–H groups in total. The molecule has 2 aliphatic rings. The van der Waals surface area contributed by atoms with Crippen LogP contribution >= 0.6 is 11.6 Å². The maximum atomic E-state index is 13.3. The predicted octanol–water partition coefficient (Wildman–Crippen LogP) is 3.81. The number of carbonyl (C=O) groups excluding carboxylic acids is 2. The van der Waals surface area contributed by atoms with Crippen LogP contribution in [-0.2, 0) is 16.0 Å². The van der Waals surface area contributed by atoms with Gasteiger partial charge in [-0.3, -0.25) is 14.5 Å². The third-order valence-corrected chi connectivity index (χ3v) is 5.23. The van der Waals surface area contributed by atoms with Crippen LogP contribution in [0.5, 0.6) is 0 Å². The number of hydrogen-bond acceptors (Lipinski definition) is 2. The van der Waals surface area contributed by atoms with E-state index in [0.717, 1.165) is 24.2 Å². The average molecular weight is 355 g/mol. The first-order chi connectivity index (χ1) is 12.1. The molecule has 0 bridgehead atoms. The number of aryl methyl sites for hydroxylation is 1. The molecule has 2 aromatic carbocycles. The lowest BCUT2D eigenvalue weighted by Crippen LogP contribution is -2.48. The highest BCUT2D eigenvalue weighted by Gasteiger charge is 2.40. The third-order valence-electron chi connectivity index (χ3n) is 4.98. The monoisotopic (exact) mass is 354 g/mol. The minimum Gasteiger partial charge on any atom is -0.310 e. The fourth-order valence-electron chi connectivity index (χ4n) is 3.79. The maximum Gasteiger partial charge on any atom is 0.250 e. The summed E-state index contributed by atoms with van der Waals surface area (Å²) in [6, 6.07) is 14.7. The normalized spacial score (nSPS) is 19.9. The highest BCUT2D eigenvalue weighted by molar-refractivity contribution is 6.30. The van der Waals surface area contributed by atoms with Crippen LogP contribution in [0.25, 0.3) is 0 Å². The Hall–Kier alpha value is -2.33. The van der Waals surface area contributed by atoms with Gasteiger partial charge in [-0.1, -0.05) is 29.8 Å². The van der Waals surface area contributed by atoms with Crippen molar-refractivity contribution in [3.8, 4) is 0 Å². The first-order valence-electron chi connectivity index (χ1n) is 8.62. The number of carbonyl (C=O) groups is 2. The summed E-state index contributed by atoms with van der Waals surface area (Å²) in [5.41, 5.74) is 2.91. The van der Waals surface area contributed by atoms with Crippen LogP contribution in [0.2, 0.25) is 5.02 Å². The molecule has 0 radical (unpaired) electrons. The van der Waals surface area contributed by atoms with Crippen LogP contribution in [0.1, 0.15) is 24.8 Å². The summed E-state index contributed by atoms with van der Waals surface area (Å²) >= 11 is 5.95. The summed E-state index contributed by atoms with van der Waals surface area (Å²) in [5, 5.41) is 0.614. The molecule has 128 valence electrons. The Morgan fingerprint density at radius 2 is 1.80 bits per heavy atom. The largest absolute Gasteiger partial charge is 0.310 e. The van der Waals surface area contributed by atoms with E-state index in [1.54, 1.807) is 29.2 Å². The molecule has 4 rings (SSSR count). The molecular formula is C20H19ClN2O2. The standard InChI is InChI=1S/C20H19ClN2O2/c21-15-7-9-16(10-8-15)23-18(11-12-19(23)24)20(25)22-13-3-5-14-4-1-2-6-17(14)22/h1-2,4,6-10,18H,3,5,11-13H2. The predicted molar refractivity (Wildman–Crippen MR) is 99.1 cm³/mol. The minimum atomic E-state index is -0.445. The molecule has 1 fully saturated rings. The van der Waals surface area contributed by atoms with Crippen molar-refractivity contribution in [3.63, 3.8) is 0 Å². The van der Waals surface area contributed by atoms with Gasteiger partial charge in [0.2, 0.25) is 11.8 Å². The van der Waals surface area contributed by atoms with Crippen molar-refractivity contribution in [2.24, 2.45) is 0 Å². The van der Waals surface area contributed by atoms with E-state index in [0.29, 0.717) is 24.4 Å². The number of anilines is 2. The molecule has 2 aliphatic heterocycles. The molecule has 1 unspecified atom stereocenters. The quantitative estimate of drug-likeness (QED) is 0.822. The Bertz CT molecular complexity index is 819. The zero-order valence-electron chi connectivity index (χ0n) is 13.8. The lowest BCUT2D eigenvalue weighted by atomic mass is 10.0. The topological polar surface area (TPSA) is 40.6 Å². The molecule has 0 aliphatic carbocycles. The van der Waals surface area contributed by atoms with Gasteiger partial charge in [-0.05, 0) is 55.2 Å². The number of hydrogen-bond donors (Lipinski definition) is 0. The Labute approximate surface area is 152 Å².